The number of fused-ring (bicyclic) bond motifs is 1. The molecule has 136 valence electrons. The Kier molecular flexibility index (Phi) is 3.92. The first-order chi connectivity index (χ1) is 12.8. The monoisotopic (exact) mass is 402 g/mol. The second-order valence-electron chi connectivity index (χ2n) is 5.84. The van der Waals surface area contributed by atoms with E-state index in [1.807, 2.05) is 0 Å². The summed E-state index contributed by atoms with van der Waals surface area (Å²) in [7, 11) is -4.55. The minimum Gasteiger partial charge on any atom is -0.494 e. The molecule has 3 N–H and O–H groups in total. The molecular weight excluding hydrogens is 392 g/mol. The minimum absolute atomic E-state index is 0.0176. The van der Waals surface area contributed by atoms with Gasteiger partial charge in [-0.25, -0.2) is 4.99 Å². The zero-order valence-corrected chi connectivity index (χ0v) is 15.0. The molecule has 27 heavy (non-hydrogen) atoms. The first kappa shape index (κ1) is 17.5. The number of rotatable bonds is 3. The van der Waals surface area contributed by atoms with E-state index in [2.05, 4.69) is 9.98 Å². The number of nitrogens with one attached hydrogen (secondary N) is 1. The number of carbonyl (C=O) groups is 1. The number of hydrogen-bond acceptors (Lipinski definition) is 4. The van der Waals surface area contributed by atoms with Crippen LogP contribution in [0.25, 0.3) is 11.3 Å². The lowest BCUT2D eigenvalue weighted by molar-refractivity contribution is 0.101. The summed E-state index contributed by atoms with van der Waals surface area (Å²) in [4.78, 5) is 18.8. The quantitative estimate of drug-likeness (QED) is 0.581. The van der Waals surface area contributed by atoms with E-state index in [9.17, 15) is 22.9 Å². The van der Waals surface area contributed by atoms with Gasteiger partial charge in [0.05, 0.1) is 22.5 Å². The van der Waals surface area contributed by atoms with E-state index in [4.69, 9.17) is 11.6 Å². The van der Waals surface area contributed by atoms with Crippen LogP contribution in [0.2, 0.25) is 5.02 Å². The molecule has 0 spiro atoms. The highest BCUT2D eigenvalue weighted by molar-refractivity contribution is 7.86. The van der Waals surface area contributed by atoms with E-state index in [0.29, 0.717) is 16.3 Å². The maximum atomic E-state index is 12.5. The molecule has 0 radical (unpaired) electrons. The highest BCUT2D eigenvalue weighted by atomic mass is 35.5. The van der Waals surface area contributed by atoms with Gasteiger partial charge in [-0.15, -0.1) is 0 Å². The second kappa shape index (κ2) is 6.05. The van der Waals surface area contributed by atoms with Crippen LogP contribution in [0.5, 0.6) is 5.88 Å². The number of hydrogen-bond donors (Lipinski definition) is 3. The summed E-state index contributed by atoms with van der Waals surface area (Å²) in [6.45, 7) is 0. The van der Waals surface area contributed by atoms with Gasteiger partial charge >= 0.3 is 0 Å². The van der Waals surface area contributed by atoms with Gasteiger partial charge in [-0.1, -0.05) is 41.9 Å². The first-order valence-corrected chi connectivity index (χ1v) is 9.50. The molecule has 3 aromatic rings. The Hall–Kier alpha value is -2.94. The molecule has 0 saturated heterocycles. The smallest absolute Gasteiger partial charge is 0.295 e. The van der Waals surface area contributed by atoms with Crippen LogP contribution in [-0.4, -0.2) is 34.7 Å². The molecule has 0 fully saturated rings. The third kappa shape index (κ3) is 2.84. The van der Waals surface area contributed by atoms with Gasteiger partial charge in [-0.05, 0) is 23.8 Å². The van der Waals surface area contributed by atoms with Crippen molar-refractivity contribution >= 4 is 33.3 Å². The number of aromatic nitrogens is 1. The fourth-order valence-electron chi connectivity index (χ4n) is 3.06. The van der Waals surface area contributed by atoms with E-state index >= 15 is 0 Å². The SMILES string of the molecule is O=C1N=C(c2ccccc2S(=O)(=O)O)c2c(O)[nH]c(-c3ccc(Cl)cc3)c21. The van der Waals surface area contributed by atoms with E-state index in [1.54, 1.807) is 30.3 Å². The van der Waals surface area contributed by atoms with E-state index in [-0.39, 0.29) is 28.3 Å². The van der Waals surface area contributed by atoms with Gasteiger partial charge < -0.3 is 10.1 Å². The van der Waals surface area contributed by atoms with Crippen LogP contribution in [-0.2, 0) is 10.1 Å². The molecule has 7 nitrogen and oxygen atoms in total. The second-order valence-corrected chi connectivity index (χ2v) is 7.67. The minimum atomic E-state index is -4.55. The molecule has 1 amide bonds. The van der Waals surface area contributed by atoms with Crippen LogP contribution in [0.3, 0.4) is 0 Å². The third-order valence-corrected chi connectivity index (χ3v) is 5.36. The van der Waals surface area contributed by atoms with Crippen molar-refractivity contribution in [2.45, 2.75) is 4.90 Å². The molecule has 4 rings (SSSR count). The standard InChI is InChI=1S/C18H11ClN2O5S/c19-10-7-5-9(6-8-10)15-13-14(18(23)20-15)16(21-17(13)22)11-3-1-2-4-12(11)27(24,25)26/h1-8,20,23H,(H,24,25,26). The zero-order chi connectivity index (χ0) is 19.3. The maximum absolute atomic E-state index is 12.5. The van der Waals surface area contributed by atoms with Gasteiger partial charge in [0.15, 0.2) is 5.88 Å². The molecule has 1 aliphatic rings. The molecule has 0 aliphatic carbocycles. The Morgan fingerprint density at radius 1 is 1.00 bits per heavy atom. The van der Waals surface area contributed by atoms with Crippen molar-refractivity contribution in [2.75, 3.05) is 0 Å². The predicted octanol–water partition coefficient (Wildman–Crippen LogP) is 3.28. The van der Waals surface area contributed by atoms with Crippen molar-refractivity contribution in [1.29, 1.82) is 0 Å². The largest absolute Gasteiger partial charge is 0.494 e. The average Bonchev–Trinajstić information content (AvgIpc) is 3.14. The summed E-state index contributed by atoms with van der Waals surface area (Å²) in [5, 5.41) is 10.9. The average molecular weight is 403 g/mol. The Labute approximate surface area is 158 Å². The van der Waals surface area contributed by atoms with E-state index in [0.717, 1.165) is 0 Å². The lowest BCUT2D eigenvalue weighted by Crippen LogP contribution is -2.09. The highest BCUT2D eigenvalue weighted by Crippen LogP contribution is 2.39. The number of aromatic hydroxyl groups is 1. The van der Waals surface area contributed by atoms with Gasteiger partial charge in [0, 0.05) is 10.6 Å². The highest BCUT2D eigenvalue weighted by Gasteiger charge is 2.35. The van der Waals surface area contributed by atoms with Crippen molar-refractivity contribution in [1.82, 2.24) is 4.98 Å². The summed E-state index contributed by atoms with van der Waals surface area (Å²) in [6, 6.07) is 12.2. The first-order valence-electron chi connectivity index (χ1n) is 7.68. The molecule has 0 saturated carbocycles. The lowest BCUT2D eigenvalue weighted by Gasteiger charge is -2.06. The zero-order valence-electron chi connectivity index (χ0n) is 13.5. The van der Waals surface area contributed by atoms with Gasteiger partial charge in [-0.3, -0.25) is 9.35 Å². The summed E-state index contributed by atoms with van der Waals surface area (Å²) < 4.78 is 32.8. The number of nitrogens with zero attached hydrogens (tertiary/aromatic N) is 1. The van der Waals surface area contributed by atoms with Crippen LogP contribution < -0.4 is 0 Å². The molecule has 9 heteroatoms. The van der Waals surface area contributed by atoms with Gasteiger partial charge in [0.2, 0.25) is 0 Å². The van der Waals surface area contributed by atoms with Gasteiger partial charge in [0.1, 0.15) is 4.90 Å². The number of aliphatic imine (C=N–C) groups is 1. The van der Waals surface area contributed by atoms with Gasteiger partial charge in [-0.2, -0.15) is 8.42 Å². The van der Waals surface area contributed by atoms with Crippen LogP contribution >= 0.6 is 11.6 Å². The lowest BCUT2D eigenvalue weighted by atomic mass is 10.0. The van der Waals surface area contributed by atoms with Crippen LogP contribution in [0.4, 0.5) is 0 Å². The molecule has 1 aliphatic heterocycles. The van der Waals surface area contributed by atoms with Gasteiger partial charge in [0.25, 0.3) is 16.0 Å². The number of aromatic amines is 1. The molecule has 0 unspecified atom stereocenters. The van der Waals surface area contributed by atoms with Crippen molar-refractivity contribution in [3.8, 4) is 17.1 Å². The maximum Gasteiger partial charge on any atom is 0.295 e. The molecular formula is C18H11ClN2O5S. The Morgan fingerprint density at radius 2 is 1.67 bits per heavy atom. The number of amides is 1. The number of benzene rings is 2. The van der Waals surface area contributed by atoms with E-state index in [1.165, 1.54) is 18.2 Å². The van der Waals surface area contributed by atoms with Crippen molar-refractivity contribution < 1.29 is 22.9 Å². The predicted molar refractivity (Wildman–Crippen MR) is 99.1 cm³/mol. The van der Waals surface area contributed by atoms with Crippen LogP contribution in [0.15, 0.2) is 58.4 Å². The van der Waals surface area contributed by atoms with Crippen molar-refractivity contribution in [2.24, 2.45) is 4.99 Å². The Morgan fingerprint density at radius 3 is 2.33 bits per heavy atom. The molecule has 0 bridgehead atoms. The Balaban J connectivity index is 1.94. The van der Waals surface area contributed by atoms with Crippen LogP contribution in [0.1, 0.15) is 21.5 Å². The summed E-state index contributed by atoms with van der Waals surface area (Å²) in [6.07, 6.45) is 0. The van der Waals surface area contributed by atoms with E-state index < -0.39 is 20.9 Å². The molecule has 2 aromatic carbocycles. The topological polar surface area (TPSA) is 120 Å². The van der Waals surface area contributed by atoms with Crippen molar-refractivity contribution in [3.63, 3.8) is 0 Å². The summed E-state index contributed by atoms with van der Waals surface area (Å²) in [5.74, 6) is -0.962. The summed E-state index contributed by atoms with van der Waals surface area (Å²) >= 11 is 5.88. The van der Waals surface area contributed by atoms with Crippen LogP contribution in [0, 0.1) is 0 Å². The number of halogens is 1. The summed E-state index contributed by atoms with van der Waals surface area (Å²) in [5.41, 5.74) is 1.13. The third-order valence-electron chi connectivity index (χ3n) is 4.20. The Bertz CT molecular complexity index is 1230. The van der Waals surface area contributed by atoms with Crippen molar-refractivity contribution in [3.05, 3.63) is 70.2 Å². The number of H-pyrrole nitrogens is 1. The number of carbonyl (C=O) groups excluding carboxylic acids is 1. The fourth-order valence-corrected chi connectivity index (χ4v) is 3.88. The fraction of sp³-hybridized carbons (Fsp3) is 0. The molecule has 1 aromatic heterocycles. The normalized spacial score (nSPS) is 13.6. The molecule has 0 atom stereocenters. The molecule has 2 heterocycles.